The normalized spacial score (nSPS) is 15.8. The van der Waals surface area contributed by atoms with Crippen LogP contribution < -0.4 is 30.4 Å². The number of anilines is 9. The van der Waals surface area contributed by atoms with Crippen molar-refractivity contribution >= 4 is 106 Å². The average molecular weight is 861 g/mol. The largest absolute Gasteiger partial charge is 0.311 e. The van der Waals surface area contributed by atoms with E-state index in [1.165, 1.54) is 0 Å². The van der Waals surface area contributed by atoms with Crippen LogP contribution in [0.5, 0.6) is 0 Å². The fourth-order valence-electron chi connectivity index (χ4n) is 9.47. The number of para-hydroxylation sites is 3. The Labute approximate surface area is 404 Å². The van der Waals surface area contributed by atoms with Crippen LogP contribution in [0.4, 0.5) is 51.2 Å². The van der Waals surface area contributed by atoms with Gasteiger partial charge in [0, 0.05) is 60.4 Å². The average Bonchev–Trinajstić information content (AvgIpc) is 4.00. The molecule has 11 aromatic rings. The van der Waals surface area contributed by atoms with Gasteiger partial charge in [0.1, 0.15) is 0 Å². The van der Waals surface area contributed by atoms with Gasteiger partial charge in [0.25, 0.3) is 6.71 Å². The molecule has 1 aromatic heterocycles. The van der Waals surface area contributed by atoms with Crippen LogP contribution in [0.1, 0.15) is 20.6 Å². The maximum absolute atomic E-state index is 9.39. The standard InChI is InChI=1S/C60H40BN3S/c1-6-18-41(19-7-1)45-31-35-57-52(37-45)59-60(65-57)61-53-34-33-51(62(47-24-10-3-11-25-47)48-26-12-4-13-27-48)40-54(53)63(49-28-14-5-15-29-49)55-38-46(42-20-8-2-9-21-42)39-56(58(55)61)64(59)50-32-30-43-22-16-17-23-44(43)36-50/h1-40H/i2D,3D,4D,8D,9D,10D,11D,12D,13D,20D,21D,24D,25D,26D,27D. The monoisotopic (exact) mass is 860 g/mol. The number of rotatable bonds is 7. The summed E-state index contributed by atoms with van der Waals surface area (Å²) in [4.78, 5) is 5.33. The number of fused-ring (bicyclic) bond motifs is 7. The minimum absolute atomic E-state index is 0.0292. The molecule has 0 N–H and O–H groups in total. The highest BCUT2D eigenvalue weighted by molar-refractivity contribution is 7.33. The Hall–Kier alpha value is -8.12. The lowest BCUT2D eigenvalue weighted by molar-refractivity contribution is 1.24. The zero-order valence-electron chi connectivity index (χ0n) is 49.3. The lowest BCUT2D eigenvalue weighted by atomic mass is 9.36. The summed E-state index contributed by atoms with van der Waals surface area (Å²) in [7, 11) is 0. The summed E-state index contributed by atoms with van der Waals surface area (Å²) in [5, 5.41) is 2.92. The Bertz CT molecular complexity index is 4330. The van der Waals surface area contributed by atoms with Crippen molar-refractivity contribution in [3.8, 4) is 22.3 Å². The number of hydrogen-bond acceptors (Lipinski definition) is 4. The van der Waals surface area contributed by atoms with Crippen molar-refractivity contribution in [1.82, 2.24) is 0 Å². The molecule has 0 amide bonds. The van der Waals surface area contributed by atoms with Crippen molar-refractivity contribution in [2.45, 2.75) is 0 Å². The summed E-state index contributed by atoms with van der Waals surface area (Å²) in [6, 6.07) is 39.9. The first-order valence-corrected chi connectivity index (χ1v) is 21.9. The van der Waals surface area contributed by atoms with Crippen LogP contribution in [0.15, 0.2) is 242 Å². The predicted octanol–water partition coefficient (Wildman–Crippen LogP) is 14.9. The second-order valence-electron chi connectivity index (χ2n) is 15.8. The van der Waals surface area contributed by atoms with Crippen LogP contribution in [-0.2, 0) is 0 Å². The van der Waals surface area contributed by atoms with Gasteiger partial charge in [0.2, 0.25) is 0 Å². The topological polar surface area (TPSA) is 9.72 Å². The van der Waals surface area contributed by atoms with E-state index in [1.54, 1.807) is 23.5 Å². The quantitative estimate of drug-likeness (QED) is 0.148. The Morgan fingerprint density at radius 1 is 0.431 bits per heavy atom. The molecule has 2 aliphatic rings. The number of thiophene rings is 1. The second kappa shape index (κ2) is 15.3. The van der Waals surface area contributed by atoms with Crippen molar-refractivity contribution in [2.75, 3.05) is 14.7 Å². The highest BCUT2D eigenvalue weighted by Crippen LogP contribution is 2.51. The summed E-state index contributed by atoms with van der Waals surface area (Å²) in [5.74, 6) is 0. The molecule has 65 heavy (non-hydrogen) atoms. The predicted molar refractivity (Wildman–Crippen MR) is 279 cm³/mol. The number of hydrogen-bond donors (Lipinski definition) is 0. The molecule has 0 fully saturated rings. The summed E-state index contributed by atoms with van der Waals surface area (Å²) in [5.41, 5.74) is 6.99. The van der Waals surface area contributed by atoms with Crippen LogP contribution >= 0.6 is 11.3 Å². The Morgan fingerprint density at radius 2 is 1.08 bits per heavy atom. The van der Waals surface area contributed by atoms with Gasteiger partial charge >= 0.3 is 0 Å². The molecule has 0 spiro atoms. The lowest BCUT2D eigenvalue weighted by Crippen LogP contribution is -2.60. The minimum Gasteiger partial charge on any atom is -0.311 e. The second-order valence-corrected chi connectivity index (χ2v) is 16.9. The van der Waals surface area contributed by atoms with Gasteiger partial charge in [-0.1, -0.05) is 157 Å². The van der Waals surface area contributed by atoms with Crippen molar-refractivity contribution < 1.29 is 20.6 Å². The minimum atomic E-state index is -0.699. The summed E-state index contributed by atoms with van der Waals surface area (Å²) < 4.78 is 136. The molecule has 13 rings (SSSR count). The molecule has 304 valence electrons. The highest BCUT2D eigenvalue weighted by Gasteiger charge is 2.46. The Kier molecular flexibility index (Phi) is 5.94. The smallest absolute Gasteiger partial charge is 0.264 e. The molecule has 0 radical (unpaired) electrons. The fourth-order valence-corrected chi connectivity index (χ4v) is 10.8. The SMILES string of the molecule is [2H]c1c([2H])c([2H])c(-c2cc3c4c(c2)N(c2ccc5ccccc5c2)c2c(sc5ccc(-c6ccccc6)cc25)B4c2ccc(N(c4c([2H])c([2H])c([2H])c([2H])c4[2H])c4c([2H])c([2H])c([2H])c([2H])c4[2H])cc2N3c2ccccc2)c([2H])c1[2H]. The van der Waals surface area contributed by atoms with Gasteiger partial charge in [-0.25, -0.2) is 0 Å². The zero-order valence-corrected chi connectivity index (χ0v) is 35.1. The van der Waals surface area contributed by atoms with E-state index in [4.69, 9.17) is 12.3 Å². The van der Waals surface area contributed by atoms with E-state index in [9.17, 15) is 8.22 Å². The van der Waals surface area contributed by atoms with E-state index in [2.05, 4.69) is 53.4 Å². The van der Waals surface area contributed by atoms with Gasteiger partial charge in [0.05, 0.1) is 26.2 Å². The molecule has 2 aliphatic heterocycles. The van der Waals surface area contributed by atoms with Crippen molar-refractivity contribution in [3.05, 3.63) is 242 Å². The van der Waals surface area contributed by atoms with E-state index >= 15 is 0 Å². The van der Waals surface area contributed by atoms with E-state index in [-0.39, 0.29) is 11.3 Å². The molecule has 0 saturated heterocycles. The van der Waals surface area contributed by atoms with Gasteiger partial charge in [-0.2, -0.15) is 0 Å². The van der Waals surface area contributed by atoms with Crippen molar-refractivity contribution in [3.63, 3.8) is 0 Å². The summed E-state index contributed by atoms with van der Waals surface area (Å²) >= 11 is 1.62. The van der Waals surface area contributed by atoms with Crippen LogP contribution in [0.25, 0.3) is 43.1 Å². The number of benzene rings is 10. The molecule has 3 heterocycles. The Morgan fingerprint density at radius 3 is 1.80 bits per heavy atom. The molecular formula is C60H40BN3S. The third-order valence-electron chi connectivity index (χ3n) is 12.2. The molecule has 0 unspecified atom stereocenters. The van der Waals surface area contributed by atoms with Gasteiger partial charge < -0.3 is 14.7 Å². The number of nitrogens with zero attached hydrogens (tertiary/aromatic N) is 3. The first-order chi connectivity index (χ1) is 38.5. The molecule has 0 atom stereocenters. The van der Waals surface area contributed by atoms with Gasteiger partial charge in [-0.05, 0) is 129 Å². The van der Waals surface area contributed by atoms with Gasteiger partial charge in [-0.15, -0.1) is 11.3 Å². The summed E-state index contributed by atoms with van der Waals surface area (Å²) in [6.07, 6.45) is 0. The van der Waals surface area contributed by atoms with Gasteiger partial charge in [0.15, 0.2) is 0 Å². The molecule has 0 bridgehead atoms. The molecule has 5 heteroatoms. The van der Waals surface area contributed by atoms with E-state index in [1.807, 2.05) is 95.9 Å². The molecular weight excluding hydrogens is 806 g/mol. The first-order valence-electron chi connectivity index (χ1n) is 28.6. The van der Waals surface area contributed by atoms with Crippen molar-refractivity contribution in [2.24, 2.45) is 0 Å². The maximum Gasteiger partial charge on any atom is 0.264 e. The van der Waals surface area contributed by atoms with Crippen LogP contribution in [0.2, 0.25) is 0 Å². The summed E-state index contributed by atoms with van der Waals surface area (Å²) in [6.45, 7) is -0.586. The van der Waals surface area contributed by atoms with Crippen LogP contribution in [-0.4, -0.2) is 6.71 Å². The van der Waals surface area contributed by atoms with Crippen molar-refractivity contribution in [1.29, 1.82) is 0 Å². The molecule has 3 nitrogen and oxygen atoms in total. The third-order valence-corrected chi connectivity index (χ3v) is 13.5. The molecule has 0 aliphatic carbocycles. The van der Waals surface area contributed by atoms with Crippen LogP contribution in [0.3, 0.4) is 0 Å². The van der Waals surface area contributed by atoms with E-state index in [0.717, 1.165) is 64.0 Å². The van der Waals surface area contributed by atoms with E-state index < -0.39 is 109 Å². The van der Waals surface area contributed by atoms with Crippen LogP contribution in [0, 0.1) is 0 Å². The lowest BCUT2D eigenvalue weighted by Gasteiger charge is -2.44. The molecule has 0 saturated carbocycles. The zero-order chi connectivity index (χ0) is 55.9. The first kappa shape index (κ1) is 25.2. The maximum atomic E-state index is 9.39. The molecule has 10 aromatic carbocycles. The van der Waals surface area contributed by atoms with Gasteiger partial charge in [-0.3, -0.25) is 0 Å². The third kappa shape index (κ3) is 6.19. The fraction of sp³-hybridized carbons (Fsp3) is 0. The Balaban J connectivity index is 1.19. The van der Waals surface area contributed by atoms with E-state index in [0.29, 0.717) is 28.3 Å². The highest BCUT2D eigenvalue weighted by atomic mass is 32.1.